The molecule has 1 N–H and O–H groups in total. The lowest BCUT2D eigenvalue weighted by atomic mass is 10.00. The predicted molar refractivity (Wildman–Crippen MR) is 75.7 cm³/mol. The van der Waals surface area contributed by atoms with Crippen molar-refractivity contribution in [3.05, 3.63) is 30.2 Å². The quantitative estimate of drug-likeness (QED) is 0.927. The zero-order valence-corrected chi connectivity index (χ0v) is 11.6. The maximum Gasteiger partial charge on any atom is 0.231 e. The monoisotopic (exact) mass is 273 g/mol. The molecule has 1 aromatic carbocycles. The van der Waals surface area contributed by atoms with Gasteiger partial charge < -0.3 is 14.6 Å². The number of hydrogen-bond acceptors (Lipinski definition) is 5. The van der Waals surface area contributed by atoms with Crippen LogP contribution >= 0.6 is 0 Å². The highest BCUT2D eigenvalue weighted by Gasteiger charge is 2.21. The number of nitrogens with zero attached hydrogens (tertiary/aromatic N) is 2. The van der Waals surface area contributed by atoms with Crippen molar-refractivity contribution in [2.45, 2.75) is 25.7 Å². The summed E-state index contributed by atoms with van der Waals surface area (Å²) < 4.78 is 10.9. The summed E-state index contributed by atoms with van der Waals surface area (Å²) in [6.07, 6.45) is 2.26. The van der Waals surface area contributed by atoms with Crippen molar-refractivity contribution < 1.29 is 9.26 Å². The van der Waals surface area contributed by atoms with E-state index in [-0.39, 0.29) is 0 Å². The van der Waals surface area contributed by atoms with Gasteiger partial charge in [0.15, 0.2) is 0 Å². The third kappa shape index (κ3) is 2.82. The van der Waals surface area contributed by atoms with Gasteiger partial charge in [0.05, 0.1) is 12.5 Å². The van der Waals surface area contributed by atoms with E-state index < -0.39 is 0 Å². The summed E-state index contributed by atoms with van der Waals surface area (Å²) in [5.41, 5.74) is 0.926. The van der Waals surface area contributed by atoms with E-state index >= 15 is 0 Å². The third-order valence-corrected chi connectivity index (χ3v) is 3.49. The van der Waals surface area contributed by atoms with Crippen molar-refractivity contribution in [3.8, 4) is 17.1 Å². The first kappa shape index (κ1) is 13.1. The fraction of sp³-hybridized carbons (Fsp3) is 0.467. The molecular formula is C15H19N3O2. The number of rotatable bonds is 4. The molecule has 1 aliphatic heterocycles. The van der Waals surface area contributed by atoms with E-state index in [4.69, 9.17) is 9.26 Å². The maximum atomic E-state index is 5.49. The lowest BCUT2D eigenvalue weighted by Crippen LogP contribution is -2.28. The van der Waals surface area contributed by atoms with E-state index in [2.05, 4.69) is 15.5 Å². The summed E-state index contributed by atoms with van der Waals surface area (Å²) in [5.74, 6) is 2.52. The van der Waals surface area contributed by atoms with Crippen molar-refractivity contribution in [2.75, 3.05) is 19.7 Å². The molecule has 5 nitrogen and oxygen atoms in total. The van der Waals surface area contributed by atoms with Gasteiger partial charge in [-0.25, -0.2) is 0 Å². The first-order valence-corrected chi connectivity index (χ1v) is 7.14. The fourth-order valence-corrected chi connectivity index (χ4v) is 2.47. The summed E-state index contributed by atoms with van der Waals surface area (Å²) in [6, 6.07) is 7.78. The van der Waals surface area contributed by atoms with E-state index in [1.807, 2.05) is 31.2 Å². The molecule has 0 aliphatic carbocycles. The van der Waals surface area contributed by atoms with E-state index in [1.165, 1.54) is 0 Å². The average molecular weight is 273 g/mol. The van der Waals surface area contributed by atoms with Crippen LogP contribution in [-0.4, -0.2) is 29.8 Å². The molecule has 1 aliphatic rings. The van der Waals surface area contributed by atoms with Gasteiger partial charge in [-0.15, -0.1) is 0 Å². The van der Waals surface area contributed by atoms with Gasteiger partial charge in [-0.1, -0.05) is 17.3 Å². The minimum absolute atomic E-state index is 0.333. The fourth-order valence-electron chi connectivity index (χ4n) is 2.47. The van der Waals surface area contributed by atoms with Gasteiger partial charge in [-0.2, -0.15) is 4.98 Å². The molecule has 1 saturated heterocycles. The second-order valence-corrected chi connectivity index (χ2v) is 4.96. The van der Waals surface area contributed by atoms with Gasteiger partial charge in [-0.3, -0.25) is 0 Å². The van der Waals surface area contributed by atoms with Gasteiger partial charge in [0.1, 0.15) is 5.75 Å². The average Bonchev–Trinajstić information content (AvgIpc) is 2.99. The number of aromatic nitrogens is 2. The Balaban J connectivity index is 1.80. The molecule has 1 unspecified atom stereocenters. The van der Waals surface area contributed by atoms with Crippen LogP contribution in [0.4, 0.5) is 0 Å². The topological polar surface area (TPSA) is 60.2 Å². The Bertz CT molecular complexity index is 562. The van der Waals surface area contributed by atoms with E-state index in [0.29, 0.717) is 18.3 Å². The number of nitrogens with one attached hydrogen (secondary N) is 1. The third-order valence-electron chi connectivity index (χ3n) is 3.49. The van der Waals surface area contributed by atoms with Crippen molar-refractivity contribution >= 4 is 0 Å². The normalized spacial score (nSPS) is 18.9. The van der Waals surface area contributed by atoms with Crippen molar-refractivity contribution in [2.24, 2.45) is 0 Å². The van der Waals surface area contributed by atoms with E-state index in [0.717, 1.165) is 43.1 Å². The van der Waals surface area contributed by atoms with Crippen LogP contribution in [0.2, 0.25) is 0 Å². The summed E-state index contributed by atoms with van der Waals surface area (Å²) in [7, 11) is 0. The van der Waals surface area contributed by atoms with Crippen LogP contribution in [0.25, 0.3) is 11.4 Å². The van der Waals surface area contributed by atoms with Gasteiger partial charge in [0.2, 0.25) is 11.7 Å². The second kappa shape index (κ2) is 6.05. The van der Waals surface area contributed by atoms with Crippen molar-refractivity contribution in [1.82, 2.24) is 15.5 Å². The lowest BCUT2D eigenvalue weighted by molar-refractivity contribution is 0.322. The summed E-state index contributed by atoms with van der Waals surface area (Å²) in [5, 5.41) is 7.45. The Labute approximate surface area is 118 Å². The van der Waals surface area contributed by atoms with Crippen LogP contribution in [0.3, 0.4) is 0 Å². The highest BCUT2D eigenvalue weighted by molar-refractivity contribution is 5.56. The number of ether oxygens (including phenoxy) is 1. The molecule has 1 fully saturated rings. The minimum atomic E-state index is 0.333. The Hall–Kier alpha value is -1.88. The van der Waals surface area contributed by atoms with Crippen LogP contribution in [0, 0.1) is 0 Å². The molecule has 1 aromatic heterocycles. The van der Waals surface area contributed by atoms with E-state index in [9.17, 15) is 0 Å². The highest BCUT2D eigenvalue weighted by Crippen LogP contribution is 2.26. The van der Waals surface area contributed by atoms with Crippen LogP contribution in [-0.2, 0) is 0 Å². The molecule has 106 valence electrons. The van der Waals surface area contributed by atoms with E-state index in [1.54, 1.807) is 0 Å². The molecule has 0 spiro atoms. The summed E-state index contributed by atoms with van der Waals surface area (Å²) >= 11 is 0. The molecule has 2 heterocycles. The largest absolute Gasteiger partial charge is 0.494 e. The number of piperidine rings is 1. The molecule has 3 rings (SSSR count). The molecule has 0 saturated carbocycles. The molecule has 0 amide bonds. The van der Waals surface area contributed by atoms with Gasteiger partial charge in [-0.05, 0) is 38.4 Å². The van der Waals surface area contributed by atoms with Crippen molar-refractivity contribution in [3.63, 3.8) is 0 Å². The van der Waals surface area contributed by atoms with Crippen LogP contribution in [0.5, 0.6) is 5.75 Å². The Morgan fingerprint density at radius 2 is 2.40 bits per heavy atom. The lowest BCUT2D eigenvalue weighted by Gasteiger charge is -2.18. The van der Waals surface area contributed by atoms with Crippen molar-refractivity contribution in [1.29, 1.82) is 0 Å². The standard InChI is InChI=1S/C15H19N3O2/c1-2-19-13-7-3-5-11(9-13)14-17-15(20-18-14)12-6-4-8-16-10-12/h3,5,7,9,12,16H,2,4,6,8,10H2,1H3. The van der Waals surface area contributed by atoms with Gasteiger partial charge >= 0.3 is 0 Å². The Morgan fingerprint density at radius 1 is 1.45 bits per heavy atom. The SMILES string of the molecule is CCOc1cccc(-c2noc(C3CCCNC3)n2)c1. The Kier molecular flexibility index (Phi) is 3.97. The molecule has 0 radical (unpaired) electrons. The number of benzene rings is 1. The molecule has 2 aromatic rings. The first-order valence-electron chi connectivity index (χ1n) is 7.14. The number of hydrogen-bond donors (Lipinski definition) is 1. The van der Waals surface area contributed by atoms with Crippen LogP contribution in [0.15, 0.2) is 28.8 Å². The van der Waals surface area contributed by atoms with Gasteiger partial charge in [0.25, 0.3) is 0 Å². The molecule has 0 bridgehead atoms. The molecular weight excluding hydrogens is 254 g/mol. The maximum absolute atomic E-state index is 5.49. The summed E-state index contributed by atoms with van der Waals surface area (Å²) in [4.78, 5) is 4.53. The molecule has 1 atom stereocenters. The highest BCUT2D eigenvalue weighted by atomic mass is 16.5. The smallest absolute Gasteiger partial charge is 0.231 e. The van der Waals surface area contributed by atoms with Crippen LogP contribution in [0.1, 0.15) is 31.6 Å². The van der Waals surface area contributed by atoms with Crippen LogP contribution < -0.4 is 10.1 Å². The van der Waals surface area contributed by atoms with Gasteiger partial charge in [0, 0.05) is 12.1 Å². The summed E-state index contributed by atoms with van der Waals surface area (Å²) in [6.45, 7) is 4.61. The Morgan fingerprint density at radius 3 is 3.20 bits per heavy atom. The second-order valence-electron chi connectivity index (χ2n) is 4.96. The first-order chi connectivity index (χ1) is 9.86. The predicted octanol–water partition coefficient (Wildman–Crippen LogP) is 2.60. The zero-order valence-electron chi connectivity index (χ0n) is 11.6. The minimum Gasteiger partial charge on any atom is -0.494 e. The zero-order chi connectivity index (χ0) is 13.8. The molecule has 20 heavy (non-hydrogen) atoms. The molecule has 5 heteroatoms.